The molecule has 0 saturated carbocycles. The summed E-state index contributed by atoms with van der Waals surface area (Å²) >= 11 is 0. The second-order valence-electron chi connectivity index (χ2n) is 4.19. The predicted octanol–water partition coefficient (Wildman–Crippen LogP) is 2.37. The molecule has 2 nitrogen and oxygen atoms in total. The second kappa shape index (κ2) is 3.84. The van der Waals surface area contributed by atoms with E-state index in [9.17, 15) is 0 Å². The molecule has 0 aliphatic carbocycles. The lowest BCUT2D eigenvalue weighted by Crippen LogP contribution is -2.31. The Bertz CT molecular complexity index is 319. The molecule has 1 rings (SSSR count). The van der Waals surface area contributed by atoms with Crippen molar-refractivity contribution in [2.24, 2.45) is 0 Å². The van der Waals surface area contributed by atoms with Crippen molar-refractivity contribution in [1.82, 2.24) is 0 Å². The van der Waals surface area contributed by atoms with Crippen molar-refractivity contribution < 1.29 is 9.22 Å². The average molecular weight is 192 g/mol. The summed E-state index contributed by atoms with van der Waals surface area (Å²) in [4.78, 5) is 0. The van der Waals surface area contributed by atoms with Crippen molar-refractivity contribution in [3.63, 3.8) is 0 Å². The molecule has 0 N–H and O–H groups in total. The molecule has 0 aliphatic rings. The Balaban J connectivity index is 2.93. The summed E-state index contributed by atoms with van der Waals surface area (Å²) in [5.74, 6) is 0.878. The van der Waals surface area contributed by atoms with Gasteiger partial charge in [0.1, 0.15) is 11.4 Å². The normalized spacial score (nSPS) is 11.1. The van der Waals surface area contributed by atoms with Gasteiger partial charge in [-0.25, -0.2) is 0 Å². The summed E-state index contributed by atoms with van der Waals surface area (Å²) in [6, 6.07) is 7.97. The first kappa shape index (κ1) is 10.8. The zero-order chi connectivity index (χ0) is 10.8. The van der Waals surface area contributed by atoms with Crippen molar-refractivity contribution in [2.75, 3.05) is 28.3 Å². The fourth-order valence-electron chi connectivity index (χ4n) is 1.17. The molecule has 2 heteroatoms. The summed E-state index contributed by atoms with van der Waals surface area (Å²) in [6.45, 7) is 4.08. The zero-order valence-corrected chi connectivity index (χ0v) is 9.37. The fourth-order valence-corrected chi connectivity index (χ4v) is 1.17. The summed E-state index contributed by atoms with van der Waals surface area (Å²) in [5, 5.41) is 0. The first-order valence-corrected chi connectivity index (χ1v) is 4.60. The molecule has 0 unspecified atom stereocenters. The van der Waals surface area contributed by atoms with Crippen molar-refractivity contribution in [1.29, 1.82) is 0 Å². The van der Waals surface area contributed by atoms with Crippen LogP contribution in [0.4, 0.5) is 0 Å². The first-order valence-electron chi connectivity index (χ1n) is 4.60. The monoisotopic (exact) mass is 192 g/mol. The highest BCUT2D eigenvalue weighted by atomic mass is 16.5. The summed E-state index contributed by atoms with van der Waals surface area (Å²) in [7, 11) is 7.98. The molecule has 0 aliphatic heterocycles. The third-order valence-corrected chi connectivity index (χ3v) is 2.23. The Labute approximate surface area is 86.0 Å². The summed E-state index contributed by atoms with van der Waals surface area (Å²) < 4.78 is 5.84. The number of methoxy groups -OCH3 is 1. The number of quaternary nitrogens is 1. The molecule has 0 atom stereocenters. The zero-order valence-electron chi connectivity index (χ0n) is 9.37. The van der Waals surface area contributed by atoms with Gasteiger partial charge in [0, 0.05) is 5.56 Å². The Morgan fingerprint density at radius 1 is 1.14 bits per heavy atom. The van der Waals surface area contributed by atoms with Crippen LogP contribution >= 0.6 is 0 Å². The van der Waals surface area contributed by atoms with Crippen LogP contribution in [0, 0.1) is 0 Å². The molecule has 76 valence electrons. The third kappa shape index (κ3) is 2.36. The van der Waals surface area contributed by atoms with Gasteiger partial charge in [-0.3, -0.25) is 4.48 Å². The summed E-state index contributed by atoms with van der Waals surface area (Å²) in [5.41, 5.74) is 2.24. The van der Waals surface area contributed by atoms with E-state index in [1.165, 1.54) is 0 Å². The van der Waals surface area contributed by atoms with E-state index < -0.39 is 0 Å². The summed E-state index contributed by atoms with van der Waals surface area (Å²) in [6.07, 6.45) is 0. The highest BCUT2D eigenvalue weighted by Gasteiger charge is 2.15. The van der Waals surface area contributed by atoms with Crippen LogP contribution in [0.2, 0.25) is 0 Å². The van der Waals surface area contributed by atoms with Crippen LogP contribution in [0.3, 0.4) is 0 Å². The number of hydrogen-bond donors (Lipinski definition) is 0. The van der Waals surface area contributed by atoms with E-state index in [1.54, 1.807) is 7.11 Å². The topological polar surface area (TPSA) is 9.23 Å². The molecule has 0 fully saturated rings. The van der Waals surface area contributed by atoms with E-state index in [4.69, 9.17) is 4.74 Å². The lowest BCUT2D eigenvalue weighted by molar-refractivity contribution is -0.795. The van der Waals surface area contributed by atoms with Gasteiger partial charge in [-0.1, -0.05) is 0 Å². The maximum Gasteiger partial charge on any atom is 0.132 e. The van der Waals surface area contributed by atoms with Gasteiger partial charge in [0.15, 0.2) is 0 Å². The molecule has 0 bridgehead atoms. The maximum atomic E-state index is 5.10. The van der Waals surface area contributed by atoms with Crippen LogP contribution in [0.15, 0.2) is 30.8 Å². The number of ether oxygens (including phenoxy) is 1. The molecule has 0 radical (unpaired) electrons. The van der Waals surface area contributed by atoms with Crippen LogP contribution in [-0.4, -0.2) is 32.7 Å². The molecular weight excluding hydrogens is 174 g/mol. The number of rotatable bonds is 3. The molecule has 0 heterocycles. The van der Waals surface area contributed by atoms with Gasteiger partial charge in [-0.2, -0.15) is 0 Å². The van der Waals surface area contributed by atoms with Crippen molar-refractivity contribution in [3.8, 4) is 5.75 Å². The maximum absolute atomic E-state index is 5.10. The van der Waals surface area contributed by atoms with Crippen LogP contribution in [-0.2, 0) is 0 Å². The molecule has 1 aromatic carbocycles. The number of hydrogen-bond acceptors (Lipinski definition) is 1. The SMILES string of the molecule is C=C(c1ccc(OC)cc1)[N+](C)(C)C. The smallest absolute Gasteiger partial charge is 0.132 e. The van der Waals surface area contributed by atoms with Gasteiger partial charge in [0.2, 0.25) is 0 Å². The minimum absolute atomic E-state index is 0.742. The quantitative estimate of drug-likeness (QED) is 0.668. The van der Waals surface area contributed by atoms with E-state index in [1.807, 2.05) is 24.3 Å². The minimum Gasteiger partial charge on any atom is -0.497 e. The van der Waals surface area contributed by atoms with E-state index in [-0.39, 0.29) is 0 Å². The lowest BCUT2D eigenvalue weighted by Gasteiger charge is -2.25. The van der Waals surface area contributed by atoms with Gasteiger partial charge in [-0.05, 0) is 30.8 Å². The van der Waals surface area contributed by atoms with Crippen molar-refractivity contribution in [3.05, 3.63) is 36.4 Å². The molecule has 0 amide bonds. The standard InChI is InChI=1S/C12H18NO/c1-10(13(2,3)4)11-6-8-12(14-5)9-7-11/h6-9H,1H2,2-5H3/q+1. The van der Waals surface area contributed by atoms with Gasteiger partial charge < -0.3 is 4.74 Å². The Kier molecular flexibility index (Phi) is 2.96. The Morgan fingerprint density at radius 2 is 1.64 bits per heavy atom. The lowest BCUT2D eigenvalue weighted by atomic mass is 10.1. The van der Waals surface area contributed by atoms with Crippen LogP contribution in [0.25, 0.3) is 5.70 Å². The fraction of sp³-hybridized carbons (Fsp3) is 0.333. The first-order chi connectivity index (χ1) is 6.45. The minimum atomic E-state index is 0.742. The predicted molar refractivity (Wildman–Crippen MR) is 60.1 cm³/mol. The highest BCUT2D eigenvalue weighted by molar-refractivity contribution is 5.57. The number of benzene rings is 1. The largest absolute Gasteiger partial charge is 0.497 e. The van der Waals surface area contributed by atoms with Gasteiger partial charge in [0.05, 0.1) is 28.3 Å². The molecule has 14 heavy (non-hydrogen) atoms. The number of nitrogens with zero attached hydrogens (tertiary/aromatic N) is 1. The van der Waals surface area contributed by atoms with Crippen LogP contribution in [0.1, 0.15) is 5.56 Å². The molecule has 1 aromatic rings. The third-order valence-electron chi connectivity index (χ3n) is 2.23. The molecule has 0 aromatic heterocycles. The molecular formula is C12H18NO+. The van der Waals surface area contributed by atoms with E-state index in [2.05, 4.69) is 27.7 Å². The van der Waals surface area contributed by atoms with Crippen molar-refractivity contribution in [2.45, 2.75) is 0 Å². The molecule has 0 spiro atoms. The van der Waals surface area contributed by atoms with Crippen LogP contribution in [0.5, 0.6) is 5.75 Å². The van der Waals surface area contributed by atoms with Gasteiger partial charge in [0.25, 0.3) is 0 Å². The highest BCUT2D eigenvalue weighted by Crippen LogP contribution is 2.21. The average Bonchev–Trinajstić information content (AvgIpc) is 2.15. The van der Waals surface area contributed by atoms with Crippen LogP contribution < -0.4 is 4.74 Å². The van der Waals surface area contributed by atoms with Gasteiger partial charge in [-0.15, -0.1) is 0 Å². The Morgan fingerprint density at radius 3 is 2.00 bits per heavy atom. The van der Waals surface area contributed by atoms with Gasteiger partial charge >= 0.3 is 0 Å². The van der Waals surface area contributed by atoms with E-state index in [0.29, 0.717) is 0 Å². The second-order valence-corrected chi connectivity index (χ2v) is 4.19. The van der Waals surface area contributed by atoms with E-state index >= 15 is 0 Å². The molecule has 0 saturated heterocycles. The van der Waals surface area contributed by atoms with Crippen molar-refractivity contribution >= 4 is 5.70 Å². The van der Waals surface area contributed by atoms with E-state index in [0.717, 1.165) is 21.5 Å². The Hall–Kier alpha value is -1.28.